The van der Waals surface area contributed by atoms with Crippen molar-refractivity contribution in [1.29, 1.82) is 5.26 Å². The van der Waals surface area contributed by atoms with Crippen molar-refractivity contribution in [1.82, 2.24) is 14.8 Å². The van der Waals surface area contributed by atoms with Gasteiger partial charge in [0.15, 0.2) is 18.2 Å². The van der Waals surface area contributed by atoms with Crippen molar-refractivity contribution >= 4 is 11.7 Å². The first-order chi connectivity index (χ1) is 11.8. The van der Waals surface area contributed by atoms with Crippen LogP contribution in [0, 0.1) is 11.3 Å². The minimum Gasteiger partial charge on any atom is -0.484 e. The van der Waals surface area contributed by atoms with Gasteiger partial charge in [0, 0.05) is 6.20 Å². The van der Waals surface area contributed by atoms with E-state index in [9.17, 15) is 10.1 Å². The van der Waals surface area contributed by atoms with Gasteiger partial charge >= 0.3 is 0 Å². The SMILES string of the molecule is N#Cc1cnn(-c2ccccn2)c1NC(=O)COc1ccccc1. The molecular formula is C17H13N5O2. The molecular weight excluding hydrogens is 306 g/mol. The van der Waals surface area contributed by atoms with Gasteiger partial charge in [0.25, 0.3) is 5.91 Å². The van der Waals surface area contributed by atoms with Gasteiger partial charge in [0.2, 0.25) is 0 Å². The molecule has 24 heavy (non-hydrogen) atoms. The number of nitriles is 1. The van der Waals surface area contributed by atoms with Crippen LogP contribution in [0.5, 0.6) is 5.75 Å². The molecule has 0 aliphatic heterocycles. The normalized spacial score (nSPS) is 9.96. The van der Waals surface area contributed by atoms with Crippen LogP contribution in [0.2, 0.25) is 0 Å². The standard InChI is InChI=1S/C17H13N5O2/c18-10-13-11-20-22(15-8-4-5-9-19-15)17(13)21-16(23)12-24-14-6-2-1-3-7-14/h1-9,11H,12H2,(H,21,23). The van der Waals surface area contributed by atoms with E-state index in [1.807, 2.05) is 24.3 Å². The third-order valence-corrected chi connectivity index (χ3v) is 3.13. The summed E-state index contributed by atoms with van der Waals surface area (Å²) in [5, 5.41) is 16.0. The number of pyridine rings is 1. The number of rotatable bonds is 5. The Labute approximate surface area is 138 Å². The number of anilines is 1. The maximum absolute atomic E-state index is 12.1. The highest BCUT2D eigenvalue weighted by atomic mass is 16.5. The van der Waals surface area contributed by atoms with E-state index in [-0.39, 0.29) is 18.0 Å². The molecule has 2 aromatic heterocycles. The van der Waals surface area contributed by atoms with Crippen molar-refractivity contribution in [3.63, 3.8) is 0 Å². The molecule has 1 aromatic carbocycles. The van der Waals surface area contributed by atoms with Crippen LogP contribution < -0.4 is 10.1 Å². The average molecular weight is 319 g/mol. The summed E-state index contributed by atoms with van der Waals surface area (Å²) in [4.78, 5) is 16.3. The van der Waals surface area contributed by atoms with Gasteiger partial charge in [0.1, 0.15) is 17.4 Å². The van der Waals surface area contributed by atoms with Gasteiger partial charge in [-0.25, -0.2) is 4.98 Å². The van der Waals surface area contributed by atoms with E-state index in [2.05, 4.69) is 15.4 Å². The largest absolute Gasteiger partial charge is 0.484 e. The first-order valence-corrected chi connectivity index (χ1v) is 7.15. The summed E-state index contributed by atoms with van der Waals surface area (Å²) in [6.45, 7) is -0.178. The molecule has 7 nitrogen and oxygen atoms in total. The molecule has 0 saturated heterocycles. The number of para-hydroxylation sites is 1. The fraction of sp³-hybridized carbons (Fsp3) is 0.0588. The molecule has 0 aliphatic rings. The molecule has 0 atom stereocenters. The van der Waals surface area contributed by atoms with Gasteiger partial charge in [-0.1, -0.05) is 24.3 Å². The molecule has 0 radical (unpaired) electrons. The number of benzene rings is 1. The quantitative estimate of drug-likeness (QED) is 0.778. The number of nitrogens with zero attached hydrogens (tertiary/aromatic N) is 4. The molecule has 118 valence electrons. The van der Waals surface area contributed by atoms with E-state index in [0.717, 1.165) is 0 Å². The van der Waals surface area contributed by atoms with Crippen molar-refractivity contribution < 1.29 is 9.53 Å². The minimum absolute atomic E-state index is 0.178. The van der Waals surface area contributed by atoms with Crippen molar-refractivity contribution in [3.8, 4) is 17.6 Å². The highest BCUT2D eigenvalue weighted by molar-refractivity contribution is 5.92. The number of amides is 1. The molecule has 0 unspecified atom stereocenters. The zero-order valence-corrected chi connectivity index (χ0v) is 12.6. The molecule has 0 bridgehead atoms. The van der Waals surface area contributed by atoms with E-state index < -0.39 is 5.91 Å². The van der Waals surface area contributed by atoms with Gasteiger partial charge in [-0.05, 0) is 24.3 Å². The van der Waals surface area contributed by atoms with Gasteiger partial charge in [0.05, 0.1) is 6.20 Å². The summed E-state index contributed by atoms with van der Waals surface area (Å²) in [6, 6.07) is 16.3. The fourth-order valence-corrected chi connectivity index (χ4v) is 2.04. The Balaban J connectivity index is 1.76. The summed E-state index contributed by atoms with van der Waals surface area (Å²) in [6.07, 6.45) is 2.98. The Hall–Kier alpha value is -3.66. The zero-order chi connectivity index (χ0) is 16.8. The Kier molecular flexibility index (Phi) is 4.49. The van der Waals surface area contributed by atoms with E-state index in [4.69, 9.17) is 4.74 Å². The summed E-state index contributed by atoms with van der Waals surface area (Å²) in [7, 11) is 0. The van der Waals surface area contributed by atoms with E-state index in [1.54, 1.807) is 36.5 Å². The van der Waals surface area contributed by atoms with Crippen molar-refractivity contribution in [3.05, 3.63) is 66.5 Å². The maximum atomic E-state index is 12.1. The van der Waals surface area contributed by atoms with Crippen LogP contribution in [-0.2, 0) is 4.79 Å². The summed E-state index contributed by atoms with van der Waals surface area (Å²) in [5.41, 5.74) is 0.244. The zero-order valence-electron chi connectivity index (χ0n) is 12.6. The second kappa shape index (κ2) is 7.07. The molecule has 0 aliphatic carbocycles. The third kappa shape index (κ3) is 3.39. The van der Waals surface area contributed by atoms with Gasteiger partial charge in [-0.3, -0.25) is 4.79 Å². The average Bonchev–Trinajstić information content (AvgIpc) is 3.04. The fourth-order valence-electron chi connectivity index (χ4n) is 2.04. The number of carbonyl (C=O) groups is 1. The number of hydrogen-bond acceptors (Lipinski definition) is 5. The smallest absolute Gasteiger partial charge is 0.263 e. The van der Waals surface area contributed by atoms with Crippen LogP contribution in [0.1, 0.15) is 5.56 Å². The molecule has 2 heterocycles. The first-order valence-electron chi connectivity index (χ1n) is 7.15. The van der Waals surface area contributed by atoms with Crippen LogP contribution in [0.4, 0.5) is 5.82 Å². The lowest BCUT2D eigenvalue weighted by Crippen LogP contribution is -2.22. The lowest BCUT2D eigenvalue weighted by atomic mass is 10.3. The molecule has 0 spiro atoms. The van der Waals surface area contributed by atoms with Crippen molar-refractivity contribution in [2.45, 2.75) is 0 Å². The van der Waals surface area contributed by atoms with Crippen molar-refractivity contribution in [2.24, 2.45) is 0 Å². The molecule has 0 fully saturated rings. The molecule has 3 aromatic rings. The second-order valence-corrected chi connectivity index (χ2v) is 4.77. The molecule has 3 rings (SSSR count). The molecule has 1 amide bonds. The number of ether oxygens (including phenoxy) is 1. The van der Waals surface area contributed by atoms with Crippen LogP contribution in [-0.4, -0.2) is 27.3 Å². The van der Waals surface area contributed by atoms with Crippen molar-refractivity contribution in [2.75, 3.05) is 11.9 Å². The summed E-state index contributed by atoms with van der Waals surface area (Å²) in [5.74, 6) is 0.954. The number of nitrogens with one attached hydrogen (secondary N) is 1. The predicted octanol–water partition coefficient (Wildman–Crippen LogP) is 2.16. The van der Waals surface area contributed by atoms with E-state index in [1.165, 1.54) is 10.9 Å². The van der Waals surface area contributed by atoms with Gasteiger partial charge in [-0.2, -0.15) is 15.0 Å². The number of aromatic nitrogens is 3. The Morgan fingerprint density at radius 1 is 1.21 bits per heavy atom. The van der Waals surface area contributed by atoms with Crippen LogP contribution in [0.25, 0.3) is 5.82 Å². The number of carbonyl (C=O) groups excluding carboxylic acids is 1. The number of hydrogen-bond donors (Lipinski definition) is 1. The van der Waals surface area contributed by atoms with Crippen LogP contribution >= 0.6 is 0 Å². The van der Waals surface area contributed by atoms with E-state index in [0.29, 0.717) is 11.6 Å². The lowest BCUT2D eigenvalue weighted by Gasteiger charge is -2.09. The highest BCUT2D eigenvalue weighted by Gasteiger charge is 2.16. The predicted molar refractivity (Wildman–Crippen MR) is 86.6 cm³/mol. The molecule has 7 heteroatoms. The first kappa shape index (κ1) is 15.2. The highest BCUT2D eigenvalue weighted by Crippen LogP contribution is 2.18. The lowest BCUT2D eigenvalue weighted by molar-refractivity contribution is -0.118. The second-order valence-electron chi connectivity index (χ2n) is 4.77. The van der Waals surface area contributed by atoms with E-state index >= 15 is 0 Å². The van der Waals surface area contributed by atoms with Gasteiger partial charge in [-0.15, -0.1) is 0 Å². The van der Waals surface area contributed by atoms with Gasteiger partial charge < -0.3 is 10.1 Å². The monoisotopic (exact) mass is 319 g/mol. The van der Waals surface area contributed by atoms with Crippen LogP contribution in [0.3, 0.4) is 0 Å². The Bertz CT molecular complexity index is 869. The molecule has 1 N–H and O–H groups in total. The minimum atomic E-state index is -0.395. The maximum Gasteiger partial charge on any atom is 0.263 e. The summed E-state index contributed by atoms with van der Waals surface area (Å²) < 4.78 is 6.80. The third-order valence-electron chi connectivity index (χ3n) is 3.13. The molecule has 0 saturated carbocycles. The van der Waals surface area contributed by atoms with Crippen LogP contribution in [0.15, 0.2) is 60.9 Å². The Morgan fingerprint density at radius 2 is 2.00 bits per heavy atom. The Morgan fingerprint density at radius 3 is 2.71 bits per heavy atom. The topological polar surface area (TPSA) is 92.8 Å². The summed E-state index contributed by atoms with van der Waals surface area (Å²) >= 11 is 0.